The number of phenolic OH excluding ortho intramolecular Hbond substituents is 1. The molecule has 1 aromatic carbocycles. The van der Waals surface area contributed by atoms with Crippen molar-refractivity contribution in [3.8, 4) is 5.75 Å². The maximum atomic E-state index is 11.4. The van der Waals surface area contributed by atoms with Gasteiger partial charge < -0.3 is 5.11 Å². The van der Waals surface area contributed by atoms with Gasteiger partial charge in [0, 0.05) is 6.42 Å². The second kappa shape index (κ2) is 4.62. The molecular weight excluding hydrogens is 180 g/mol. The lowest BCUT2D eigenvalue weighted by Gasteiger charge is -2.15. The SMILES string of the molecule is CCCC(=O)N(N)c1ccc(O)cc1. The smallest absolute Gasteiger partial charge is 0.241 e. The first-order valence-corrected chi connectivity index (χ1v) is 4.52. The standard InChI is InChI=1S/C10H14N2O2/c1-2-3-10(14)12(11)8-4-6-9(13)7-5-8/h4-7,13H,2-3,11H2,1H3. The second-order valence-corrected chi connectivity index (χ2v) is 3.03. The zero-order chi connectivity index (χ0) is 10.6. The molecule has 4 nitrogen and oxygen atoms in total. The normalized spacial score (nSPS) is 9.86. The third kappa shape index (κ3) is 2.47. The van der Waals surface area contributed by atoms with Crippen molar-refractivity contribution in [2.45, 2.75) is 19.8 Å². The molecular formula is C10H14N2O2. The minimum absolute atomic E-state index is 0.127. The van der Waals surface area contributed by atoms with Gasteiger partial charge in [-0.05, 0) is 30.7 Å². The highest BCUT2D eigenvalue weighted by Crippen LogP contribution is 2.16. The number of nitrogens with zero attached hydrogens (tertiary/aromatic N) is 1. The molecule has 1 amide bonds. The number of hydrogen-bond donors (Lipinski definition) is 2. The Labute approximate surface area is 82.9 Å². The molecule has 1 rings (SSSR count). The van der Waals surface area contributed by atoms with Crippen LogP contribution in [-0.4, -0.2) is 11.0 Å². The lowest BCUT2D eigenvalue weighted by Crippen LogP contribution is -2.37. The predicted molar refractivity (Wildman–Crippen MR) is 54.7 cm³/mol. The van der Waals surface area contributed by atoms with Crippen LogP contribution in [-0.2, 0) is 4.79 Å². The van der Waals surface area contributed by atoms with Crippen LogP contribution in [0.3, 0.4) is 0 Å². The molecule has 0 spiro atoms. The fraction of sp³-hybridized carbons (Fsp3) is 0.300. The highest BCUT2D eigenvalue weighted by Gasteiger charge is 2.09. The summed E-state index contributed by atoms with van der Waals surface area (Å²) in [5, 5.41) is 10.1. The Balaban J connectivity index is 2.73. The summed E-state index contributed by atoms with van der Waals surface area (Å²) in [6.07, 6.45) is 1.20. The molecule has 0 unspecified atom stereocenters. The molecule has 0 saturated carbocycles. The van der Waals surface area contributed by atoms with E-state index in [0.717, 1.165) is 11.4 Å². The summed E-state index contributed by atoms with van der Waals surface area (Å²) in [6, 6.07) is 6.19. The van der Waals surface area contributed by atoms with E-state index in [1.807, 2.05) is 6.92 Å². The maximum absolute atomic E-state index is 11.4. The van der Waals surface area contributed by atoms with E-state index in [2.05, 4.69) is 0 Å². The van der Waals surface area contributed by atoms with E-state index in [1.165, 1.54) is 12.1 Å². The molecule has 76 valence electrons. The largest absolute Gasteiger partial charge is 0.508 e. The van der Waals surface area contributed by atoms with Crippen LogP contribution in [0.15, 0.2) is 24.3 Å². The maximum Gasteiger partial charge on any atom is 0.241 e. The van der Waals surface area contributed by atoms with Crippen molar-refractivity contribution in [1.82, 2.24) is 0 Å². The number of anilines is 1. The number of hydrogen-bond acceptors (Lipinski definition) is 3. The van der Waals surface area contributed by atoms with E-state index in [0.29, 0.717) is 12.1 Å². The van der Waals surface area contributed by atoms with E-state index < -0.39 is 0 Å². The fourth-order valence-corrected chi connectivity index (χ4v) is 1.09. The van der Waals surface area contributed by atoms with Gasteiger partial charge in [0.05, 0.1) is 5.69 Å². The van der Waals surface area contributed by atoms with E-state index >= 15 is 0 Å². The Morgan fingerprint density at radius 2 is 2.00 bits per heavy atom. The fourth-order valence-electron chi connectivity index (χ4n) is 1.09. The highest BCUT2D eigenvalue weighted by atomic mass is 16.3. The Kier molecular flexibility index (Phi) is 3.48. The second-order valence-electron chi connectivity index (χ2n) is 3.03. The van der Waals surface area contributed by atoms with Gasteiger partial charge in [-0.3, -0.25) is 4.79 Å². The van der Waals surface area contributed by atoms with Gasteiger partial charge in [0.15, 0.2) is 0 Å². The van der Waals surface area contributed by atoms with Crippen molar-refractivity contribution in [2.24, 2.45) is 5.84 Å². The first kappa shape index (κ1) is 10.5. The molecule has 0 aromatic heterocycles. The summed E-state index contributed by atoms with van der Waals surface area (Å²) >= 11 is 0. The Morgan fingerprint density at radius 1 is 1.43 bits per heavy atom. The third-order valence-electron chi connectivity index (χ3n) is 1.86. The summed E-state index contributed by atoms with van der Waals surface area (Å²) in [5.74, 6) is 5.61. The van der Waals surface area contributed by atoms with Crippen LogP contribution < -0.4 is 10.9 Å². The molecule has 0 aliphatic carbocycles. The van der Waals surface area contributed by atoms with Gasteiger partial charge in [-0.15, -0.1) is 0 Å². The summed E-state index contributed by atoms with van der Waals surface area (Å²) in [7, 11) is 0. The van der Waals surface area contributed by atoms with Crippen LogP contribution in [0.4, 0.5) is 5.69 Å². The topological polar surface area (TPSA) is 66.6 Å². The molecule has 0 aliphatic rings. The lowest BCUT2D eigenvalue weighted by atomic mass is 10.2. The number of benzene rings is 1. The number of nitrogens with two attached hydrogens (primary N) is 1. The van der Waals surface area contributed by atoms with E-state index in [4.69, 9.17) is 10.9 Å². The van der Waals surface area contributed by atoms with Crippen molar-refractivity contribution >= 4 is 11.6 Å². The van der Waals surface area contributed by atoms with Crippen molar-refractivity contribution in [2.75, 3.05) is 5.01 Å². The predicted octanol–water partition coefficient (Wildman–Crippen LogP) is 1.40. The summed E-state index contributed by atoms with van der Waals surface area (Å²) in [6.45, 7) is 1.92. The summed E-state index contributed by atoms with van der Waals surface area (Å²) < 4.78 is 0. The molecule has 3 N–H and O–H groups in total. The van der Waals surface area contributed by atoms with Crippen molar-refractivity contribution in [3.05, 3.63) is 24.3 Å². The number of rotatable bonds is 3. The van der Waals surface area contributed by atoms with Crippen LogP contribution in [0, 0.1) is 0 Å². The molecule has 0 atom stereocenters. The van der Waals surface area contributed by atoms with E-state index in [1.54, 1.807) is 12.1 Å². The average molecular weight is 194 g/mol. The zero-order valence-electron chi connectivity index (χ0n) is 8.10. The number of carbonyl (C=O) groups excluding carboxylic acids is 1. The number of amides is 1. The van der Waals surface area contributed by atoms with Crippen molar-refractivity contribution in [3.63, 3.8) is 0 Å². The Hall–Kier alpha value is -1.55. The number of aromatic hydroxyl groups is 1. The highest BCUT2D eigenvalue weighted by molar-refractivity contribution is 5.92. The first-order valence-electron chi connectivity index (χ1n) is 4.52. The number of hydrazine groups is 1. The van der Waals surface area contributed by atoms with Gasteiger partial charge >= 0.3 is 0 Å². The van der Waals surface area contributed by atoms with Crippen LogP contribution in [0.2, 0.25) is 0 Å². The van der Waals surface area contributed by atoms with E-state index in [-0.39, 0.29) is 11.7 Å². The van der Waals surface area contributed by atoms with Gasteiger partial charge in [0.2, 0.25) is 5.91 Å². The average Bonchev–Trinajstić information content (AvgIpc) is 2.18. The summed E-state index contributed by atoms with van der Waals surface area (Å²) in [5.41, 5.74) is 0.584. The zero-order valence-corrected chi connectivity index (χ0v) is 8.10. The van der Waals surface area contributed by atoms with Gasteiger partial charge in [-0.1, -0.05) is 6.92 Å². The molecule has 14 heavy (non-hydrogen) atoms. The molecule has 0 bridgehead atoms. The van der Waals surface area contributed by atoms with Crippen LogP contribution >= 0.6 is 0 Å². The molecule has 0 heterocycles. The van der Waals surface area contributed by atoms with Crippen LogP contribution in [0.1, 0.15) is 19.8 Å². The molecule has 0 saturated heterocycles. The van der Waals surface area contributed by atoms with Gasteiger partial charge in [-0.2, -0.15) is 0 Å². The minimum atomic E-state index is -0.127. The Morgan fingerprint density at radius 3 is 2.50 bits per heavy atom. The quantitative estimate of drug-likeness (QED) is 0.434. The van der Waals surface area contributed by atoms with Gasteiger partial charge in [0.1, 0.15) is 5.75 Å². The molecule has 4 heteroatoms. The van der Waals surface area contributed by atoms with Crippen molar-refractivity contribution < 1.29 is 9.90 Å². The molecule has 1 aromatic rings. The molecule has 0 radical (unpaired) electrons. The van der Waals surface area contributed by atoms with Gasteiger partial charge in [0.25, 0.3) is 0 Å². The van der Waals surface area contributed by atoms with Gasteiger partial charge in [-0.25, -0.2) is 10.9 Å². The van der Waals surface area contributed by atoms with E-state index in [9.17, 15) is 4.79 Å². The van der Waals surface area contributed by atoms with Crippen molar-refractivity contribution in [1.29, 1.82) is 0 Å². The minimum Gasteiger partial charge on any atom is -0.508 e. The summed E-state index contributed by atoms with van der Waals surface area (Å²) in [4.78, 5) is 11.4. The third-order valence-corrected chi connectivity index (χ3v) is 1.86. The first-order chi connectivity index (χ1) is 6.65. The monoisotopic (exact) mass is 194 g/mol. The number of phenols is 1. The number of carbonyl (C=O) groups is 1. The molecule has 0 aliphatic heterocycles. The lowest BCUT2D eigenvalue weighted by molar-refractivity contribution is -0.118. The Bertz CT molecular complexity index is 308. The van der Waals surface area contributed by atoms with Crippen LogP contribution in [0.5, 0.6) is 5.75 Å². The molecule has 0 fully saturated rings. The van der Waals surface area contributed by atoms with Crippen LogP contribution in [0.25, 0.3) is 0 Å².